The van der Waals surface area contributed by atoms with Crippen LogP contribution in [-0.2, 0) is 0 Å². The van der Waals surface area contributed by atoms with E-state index in [0.29, 0.717) is 12.3 Å². The first-order valence-corrected chi connectivity index (χ1v) is 5.89. The van der Waals surface area contributed by atoms with E-state index in [1.54, 1.807) is 0 Å². The normalized spacial score (nSPS) is 32.6. The molecule has 0 aromatic heterocycles. The summed E-state index contributed by atoms with van der Waals surface area (Å²) in [6.07, 6.45) is 6.31. The molecule has 2 heterocycles. The smallest absolute Gasteiger partial charge is 0.0572 e. The molecule has 2 aliphatic rings. The molecule has 2 atom stereocenters. The van der Waals surface area contributed by atoms with Crippen LogP contribution in [0.1, 0.15) is 25.7 Å². The maximum Gasteiger partial charge on any atom is 0.0572 e. The Balaban J connectivity index is 1.46. The zero-order chi connectivity index (χ0) is 9.64. The van der Waals surface area contributed by atoms with E-state index in [1.807, 2.05) is 0 Å². The summed E-state index contributed by atoms with van der Waals surface area (Å²) in [6, 6.07) is 0. The van der Waals surface area contributed by atoms with Gasteiger partial charge >= 0.3 is 0 Å². The lowest BCUT2D eigenvalue weighted by Crippen LogP contribution is -2.44. The first-order valence-electron chi connectivity index (χ1n) is 5.89. The molecule has 82 valence electrons. The molecule has 2 fully saturated rings. The maximum atomic E-state index is 3.50. The molecule has 14 heavy (non-hydrogen) atoms. The largest absolute Gasteiger partial charge is 0.302 e. The lowest BCUT2D eigenvalue weighted by molar-refractivity contribution is 0.437. The van der Waals surface area contributed by atoms with Gasteiger partial charge in [-0.3, -0.25) is 0 Å². The van der Waals surface area contributed by atoms with Crippen LogP contribution < -0.4 is 21.3 Å². The van der Waals surface area contributed by atoms with E-state index in [2.05, 4.69) is 21.3 Å². The minimum absolute atomic E-state index is 0.563. The molecule has 2 unspecified atom stereocenters. The molecule has 0 bridgehead atoms. The predicted octanol–water partition coefficient (Wildman–Crippen LogP) is -0.415. The lowest BCUT2D eigenvalue weighted by Gasteiger charge is -2.15. The van der Waals surface area contributed by atoms with Crippen molar-refractivity contribution in [1.29, 1.82) is 0 Å². The van der Waals surface area contributed by atoms with Crippen molar-refractivity contribution in [2.75, 3.05) is 26.2 Å². The van der Waals surface area contributed by atoms with Gasteiger partial charge in [-0.15, -0.1) is 0 Å². The average molecular weight is 198 g/mol. The van der Waals surface area contributed by atoms with E-state index < -0.39 is 0 Å². The molecule has 2 rings (SSSR count). The quantitative estimate of drug-likeness (QED) is 0.453. The van der Waals surface area contributed by atoms with Crippen LogP contribution in [0, 0.1) is 0 Å². The molecule has 0 spiro atoms. The summed E-state index contributed by atoms with van der Waals surface area (Å²) >= 11 is 0. The topological polar surface area (TPSA) is 48.1 Å². The highest BCUT2D eigenvalue weighted by molar-refractivity contribution is 4.74. The zero-order valence-electron chi connectivity index (χ0n) is 8.81. The predicted molar refractivity (Wildman–Crippen MR) is 58.1 cm³/mol. The average Bonchev–Trinajstić information content (AvgIpc) is 2.86. The highest BCUT2D eigenvalue weighted by atomic mass is 15.2. The second-order valence-corrected chi connectivity index (χ2v) is 4.21. The van der Waals surface area contributed by atoms with Crippen molar-refractivity contribution >= 4 is 0 Å². The van der Waals surface area contributed by atoms with Gasteiger partial charge in [0.2, 0.25) is 0 Å². The third-order valence-corrected chi connectivity index (χ3v) is 3.03. The molecular weight excluding hydrogens is 176 g/mol. The standard InChI is InChI=1S/C10H22N4/c1-3-9(11-5-1)13-7-8-14-10-4-2-6-12-10/h9-14H,1-8H2. The first kappa shape index (κ1) is 10.4. The fourth-order valence-corrected chi connectivity index (χ4v) is 2.21. The van der Waals surface area contributed by atoms with Crippen molar-refractivity contribution in [3.63, 3.8) is 0 Å². The summed E-state index contributed by atoms with van der Waals surface area (Å²) in [6.45, 7) is 4.48. The van der Waals surface area contributed by atoms with Crippen LogP contribution >= 0.6 is 0 Å². The summed E-state index contributed by atoms with van der Waals surface area (Å²) in [4.78, 5) is 0. The van der Waals surface area contributed by atoms with Crippen LogP contribution in [0.5, 0.6) is 0 Å². The van der Waals surface area contributed by atoms with E-state index >= 15 is 0 Å². The van der Waals surface area contributed by atoms with Crippen molar-refractivity contribution in [1.82, 2.24) is 21.3 Å². The van der Waals surface area contributed by atoms with E-state index in [-0.39, 0.29) is 0 Å². The number of rotatable bonds is 5. The van der Waals surface area contributed by atoms with Gasteiger partial charge in [0.15, 0.2) is 0 Å². The maximum absolute atomic E-state index is 3.50. The monoisotopic (exact) mass is 198 g/mol. The van der Waals surface area contributed by atoms with Crippen molar-refractivity contribution < 1.29 is 0 Å². The van der Waals surface area contributed by atoms with Crippen LogP contribution in [0.3, 0.4) is 0 Å². The fourth-order valence-electron chi connectivity index (χ4n) is 2.21. The van der Waals surface area contributed by atoms with E-state index in [4.69, 9.17) is 0 Å². The number of hydrogen-bond donors (Lipinski definition) is 4. The van der Waals surface area contributed by atoms with Gasteiger partial charge in [0, 0.05) is 13.1 Å². The first-order chi connectivity index (χ1) is 6.95. The molecule has 2 saturated heterocycles. The van der Waals surface area contributed by atoms with Gasteiger partial charge in [0.05, 0.1) is 12.3 Å². The van der Waals surface area contributed by atoms with Crippen molar-refractivity contribution in [3.05, 3.63) is 0 Å². The molecule has 0 aliphatic carbocycles. The van der Waals surface area contributed by atoms with Gasteiger partial charge in [-0.1, -0.05) is 0 Å². The summed E-state index contributed by atoms with van der Waals surface area (Å²) in [5.74, 6) is 0. The zero-order valence-corrected chi connectivity index (χ0v) is 8.81. The van der Waals surface area contributed by atoms with Gasteiger partial charge in [-0.25, -0.2) is 0 Å². The Morgan fingerprint density at radius 1 is 0.857 bits per heavy atom. The van der Waals surface area contributed by atoms with Crippen LogP contribution in [0.15, 0.2) is 0 Å². The molecule has 0 aromatic rings. The Kier molecular flexibility index (Phi) is 4.19. The van der Waals surface area contributed by atoms with E-state index in [0.717, 1.165) is 13.1 Å². The minimum atomic E-state index is 0.563. The number of hydrogen-bond acceptors (Lipinski definition) is 4. The van der Waals surface area contributed by atoms with Crippen LogP contribution in [0.2, 0.25) is 0 Å². The third-order valence-electron chi connectivity index (χ3n) is 3.03. The Morgan fingerprint density at radius 3 is 1.71 bits per heavy atom. The van der Waals surface area contributed by atoms with Gasteiger partial charge in [0.1, 0.15) is 0 Å². The molecular formula is C10H22N4. The Morgan fingerprint density at radius 2 is 1.36 bits per heavy atom. The Bertz CT molecular complexity index is 132. The second-order valence-electron chi connectivity index (χ2n) is 4.21. The van der Waals surface area contributed by atoms with Crippen LogP contribution in [-0.4, -0.2) is 38.5 Å². The van der Waals surface area contributed by atoms with Gasteiger partial charge in [0.25, 0.3) is 0 Å². The van der Waals surface area contributed by atoms with Crippen molar-refractivity contribution in [2.24, 2.45) is 0 Å². The lowest BCUT2D eigenvalue weighted by atomic mass is 10.3. The third kappa shape index (κ3) is 3.20. The minimum Gasteiger partial charge on any atom is -0.302 e. The molecule has 4 N–H and O–H groups in total. The van der Waals surface area contributed by atoms with Gasteiger partial charge in [-0.2, -0.15) is 0 Å². The summed E-state index contributed by atoms with van der Waals surface area (Å²) < 4.78 is 0. The Labute approximate surface area is 86.2 Å². The summed E-state index contributed by atoms with van der Waals surface area (Å²) in [7, 11) is 0. The van der Waals surface area contributed by atoms with Crippen molar-refractivity contribution in [3.8, 4) is 0 Å². The van der Waals surface area contributed by atoms with E-state index in [9.17, 15) is 0 Å². The summed E-state index contributed by atoms with van der Waals surface area (Å²) in [5.41, 5.74) is 0. The van der Waals surface area contributed by atoms with E-state index in [1.165, 1.54) is 38.8 Å². The summed E-state index contributed by atoms with van der Waals surface area (Å²) in [5, 5.41) is 13.9. The highest BCUT2D eigenvalue weighted by Gasteiger charge is 2.14. The SMILES string of the molecule is C1CNC(NCCNC2CCCN2)C1. The van der Waals surface area contributed by atoms with Crippen LogP contribution in [0.25, 0.3) is 0 Å². The molecule has 4 heteroatoms. The molecule has 0 radical (unpaired) electrons. The van der Waals surface area contributed by atoms with Crippen LogP contribution in [0.4, 0.5) is 0 Å². The highest BCUT2D eigenvalue weighted by Crippen LogP contribution is 2.01. The molecule has 0 amide bonds. The molecule has 4 nitrogen and oxygen atoms in total. The number of nitrogens with one attached hydrogen (secondary N) is 4. The van der Waals surface area contributed by atoms with Gasteiger partial charge < -0.3 is 21.3 Å². The molecule has 2 aliphatic heterocycles. The second kappa shape index (κ2) is 5.66. The van der Waals surface area contributed by atoms with Crippen molar-refractivity contribution in [2.45, 2.75) is 38.0 Å². The van der Waals surface area contributed by atoms with Gasteiger partial charge in [-0.05, 0) is 38.8 Å². The Hall–Kier alpha value is -0.160. The fraction of sp³-hybridized carbons (Fsp3) is 1.00. The molecule has 0 aromatic carbocycles. The molecule has 0 saturated carbocycles.